The van der Waals surface area contributed by atoms with Crippen LogP contribution < -0.4 is 0 Å². The summed E-state index contributed by atoms with van der Waals surface area (Å²) in [6, 6.07) is 0. The van der Waals surface area contributed by atoms with E-state index < -0.39 is 6.10 Å². The van der Waals surface area contributed by atoms with Crippen molar-refractivity contribution in [1.82, 2.24) is 0 Å². The number of ether oxygens (including phenoxy) is 3. The topological polar surface area (TPSA) is 78.9 Å². The Balaban J connectivity index is 4.42. The lowest BCUT2D eigenvalue weighted by Crippen LogP contribution is -2.30. The van der Waals surface area contributed by atoms with Crippen LogP contribution in [-0.2, 0) is 28.6 Å². The first-order chi connectivity index (χ1) is 40.0. The van der Waals surface area contributed by atoms with Crippen molar-refractivity contribution in [2.45, 2.75) is 309 Å². The molecule has 0 rings (SSSR count). The van der Waals surface area contributed by atoms with Gasteiger partial charge in [0.05, 0.1) is 0 Å². The normalized spacial score (nSPS) is 13.0. The molecular formula is C75H124O6. The number of carbonyl (C=O) groups excluding carboxylic acids is 3. The maximum atomic E-state index is 12.9. The zero-order chi connectivity index (χ0) is 58.5. The Kier molecular flexibility index (Phi) is 64.3. The van der Waals surface area contributed by atoms with Gasteiger partial charge in [0.25, 0.3) is 0 Å². The third-order valence-electron chi connectivity index (χ3n) is 14.1. The first kappa shape index (κ1) is 76.5. The molecule has 0 radical (unpaired) electrons. The van der Waals surface area contributed by atoms with E-state index in [1.807, 2.05) is 0 Å². The Bertz CT molecular complexity index is 1720. The Morgan fingerprint density at radius 3 is 0.765 bits per heavy atom. The van der Waals surface area contributed by atoms with Crippen LogP contribution in [0, 0.1) is 0 Å². The summed E-state index contributed by atoms with van der Waals surface area (Å²) in [5, 5.41) is 0. The second-order valence-electron chi connectivity index (χ2n) is 22.0. The fourth-order valence-corrected chi connectivity index (χ4v) is 9.14. The van der Waals surface area contributed by atoms with Crippen molar-refractivity contribution in [2.24, 2.45) is 0 Å². The molecule has 1 unspecified atom stereocenters. The van der Waals surface area contributed by atoms with Crippen LogP contribution in [0.2, 0.25) is 0 Å². The van der Waals surface area contributed by atoms with Gasteiger partial charge in [-0.3, -0.25) is 14.4 Å². The van der Waals surface area contributed by atoms with Crippen molar-refractivity contribution in [2.75, 3.05) is 13.2 Å². The fraction of sp³-hybridized carbons (Fsp3) is 0.667. The van der Waals surface area contributed by atoms with E-state index in [0.717, 1.165) is 161 Å². The van der Waals surface area contributed by atoms with Gasteiger partial charge in [-0.15, -0.1) is 0 Å². The minimum absolute atomic E-state index is 0.0970. The molecule has 0 spiro atoms. The molecule has 0 aromatic heterocycles. The predicted molar refractivity (Wildman–Crippen MR) is 353 cm³/mol. The molecule has 0 N–H and O–H groups in total. The third-order valence-corrected chi connectivity index (χ3v) is 14.1. The molecule has 0 saturated heterocycles. The van der Waals surface area contributed by atoms with Gasteiger partial charge in [-0.2, -0.15) is 0 Å². The van der Waals surface area contributed by atoms with Crippen molar-refractivity contribution in [3.63, 3.8) is 0 Å². The second-order valence-corrected chi connectivity index (χ2v) is 22.0. The molecule has 0 fully saturated rings. The van der Waals surface area contributed by atoms with Crippen molar-refractivity contribution in [3.8, 4) is 0 Å². The van der Waals surface area contributed by atoms with Crippen LogP contribution in [0.3, 0.4) is 0 Å². The first-order valence-corrected chi connectivity index (χ1v) is 33.7. The smallest absolute Gasteiger partial charge is 0.306 e. The van der Waals surface area contributed by atoms with Crippen molar-refractivity contribution in [3.05, 3.63) is 134 Å². The molecule has 1 atom stereocenters. The summed E-state index contributed by atoms with van der Waals surface area (Å²) in [6.07, 6.45) is 96.0. The van der Waals surface area contributed by atoms with Crippen LogP contribution in [0.25, 0.3) is 0 Å². The lowest BCUT2D eigenvalue weighted by molar-refractivity contribution is -0.167. The van der Waals surface area contributed by atoms with E-state index in [4.69, 9.17) is 14.2 Å². The molecule has 0 aromatic rings. The number of allylic oxidation sites excluding steroid dienone is 22. The van der Waals surface area contributed by atoms with Gasteiger partial charge in [0.2, 0.25) is 0 Å². The molecule has 0 aliphatic carbocycles. The number of rotatable bonds is 60. The molecule has 6 heteroatoms. The predicted octanol–water partition coefficient (Wildman–Crippen LogP) is 23.3. The highest BCUT2D eigenvalue weighted by molar-refractivity contribution is 5.71. The van der Waals surface area contributed by atoms with Crippen molar-refractivity contribution >= 4 is 17.9 Å². The quantitative estimate of drug-likeness (QED) is 0.0261. The van der Waals surface area contributed by atoms with E-state index in [1.54, 1.807) is 0 Å². The molecule has 0 heterocycles. The van der Waals surface area contributed by atoms with Crippen LogP contribution >= 0.6 is 0 Å². The molecule has 0 aliphatic heterocycles. The summed E-state index contributed by atoms with van der Waals surface area (Å²) in [5.74, 6) is -0.928. The summed E-state index contributed by atoms with van der Waals surface area (Å²) < 4.78 is 16.9. The highest BCUT2D eigenvalue weighted by atomic mass is 16.6. The molecule has 460 valence electrons. The monoisotopic (exact) mass is 1120 g/mol. The molecule has 0 saturated carbocycles. The molecule has 0 bridgehead atoms. The average molecular weight is 1120 g/mol. The van der Waals surface area contributed by atoms with E-state index in [1.165, 1.54) is 103 Å². The minimum atomic E-state index is -0.801. The van der Waals surface area contributed by atoms with Gasteiger partial charge in [-0.05, 0) is 135 Å². The summed E-state index contributed by atoms with van der Waals surface area (Å²) in [6.45, 7) is 6.40. The van der Waals surface area contributed by atoms with Gasteiger partial charge >= 0.3 is 17.9 Å². The maximum absolute atomic E-state index is 12.9. The lowest BCUT2D eigenvalue weighted by atomic mass is 10.1. The average Bonchev–Trinajstić information content (AvgIpc) is 3.47. The van der Waals surface area contributed by atoms with E-state index >= 15 is 0 Å². The zero-order valence-electron chi connectivity index (χ0n) is 52.8. The number of hydrogen-bond donors (Lipinski definition) is 0. The summed E-state index contributed by atoms with van der Waals surface area (Å²) in [4.78, 5) is 38.4. The highest BCUT2D eigenvalue weighted by Gasteiger charge is 2.19. The van der Waals surface area contributed by atoms with Crippen LogP contribution in [0.5, 0.6) is 0 Å². The van der Waals surface area contributed by atoms with Crippen LogP contribution in [0.4, 0.5) is 0 Å². The Morgan fingerprint density at radius 1 is 0.259 bits per heavy atom. The van der Waals surface area contributed by atoms with Gasteiger partial charge in [0, 0.05) is 19.3 Å². The van der Waals surface area contributed by atoms with E-state index in [-0.39, 0.29) is 31.1 Å². The summed E-state index contributed by atoms with van der Waals surface area (Å²) in [5.41, 5.74) is 0. The zero-order valence-corrected chi connectivity index (χ0v) is 52.8. The standard InChI is InChI=1S/C75H124O6/c1-4-7-10-13-16-19-22-25-28-30-32-34-35-36-37-38-39-41-42-44-47-50-53-56-59-62-65-68-74(77)80-71-72(70-79-73(76)67-64-61-58-55-52-49-46-27-24-21-18-15-12-9-6-3)81-75(78)69-66-63-60-57-54-51-48-45-43-40-33-31-29-26-23-20-17-14-11-8-5-2/h7,9-10,12,16,18-19,21,25,27-28,31-34,36-37,39,41,44,46-47,72H,4-6,8,11,13-15,17,20,22-24,26,29-30,35,38,40,42-43,45,48-71H2,1-3H3/b10-7-,12-9-,19-16-,21-18-,28-25-,33-31-,34-32-,37-36-,41-39-,46-27-,47-44-. The molecule has 6 nitrogen and oxygen atoms in total. The van der Waals surface area contributed by atoms with E-state index in [0.29, 0.717) is 19.3 Å². The maximum Gasteiger partial charge on any atom is 0.306 e. The molecule has 0 aromatic carbocycles. The summed E-state index contributed by atoms with van der Waals surface area (Å²) >= 11 is 0. The highest BCUT2D eigenvalue weighted by Crippen LogP contribution is 2.16. The van der Waals surface area contributed by atoms with Gasteiger partial charge in [-0.1, -0.05) is 283 Å². The van der Waals surface area contributed by atoms with Crippen molar-refractivity contribution < 1.29 is 28.6 Å². The number of hydrogen-bond acceptors (Lipinski definition) is 6. The van der Waals surface area contributed by atoms with Crippen LogP contribution in [0.1, 0.15) is 303 Å². The third kappa shape index (κ3) is 66.2. The fourth-order valence-electron chi connectivity index (χ4n) is 9.14. The molecular weight excluding hydrogens is 997 g/mol. The Morgan fingerprint density at radius 2 is 0.481 bits per heavy atom. The Hall–Kier alpha value is -4.45. The van der Waals surface area contributed by atoms with E-state index in [9.17, 15) is 14.4 Å². The molecule has 0 aliphatic rings. The second kappa shape index (κ2) is 68.1. The van der Waals surface area contributed by atoms with Gasteiger partial charge < -0.3 is 14.2 Å². The van der Waals surface area contributed by atoms with Crippen LogP contribution in [0.15, 0.2) is 134 Å². The van der Waals surface area contributed by atoms with Gasteiger partial charge in [0.1, 0.15) is 13.2 Å². The summed E-state index contributed by atoms with van der Waals surface area (Å²) in [7, 11) is 0. The minimum Gasteiger partial charge on any atom is -0.462 e. The largest absolute Gasteiger partial charge is 0.462 e. The van der Waals surface area contributed by atoms with Gasteiger partial charge in [0.15, 0.2) is 6.10 Å². The van der Waals surface area contributed by atoms with Gasteiger partial charge in [-0.25, -0.2) is 0 Å². The lowest BCUT2D eigenvalue weighted by Gasteiger charge is -2.18. The van der Waals surface area contributed by atoms with Crippen LogP contribution in [-0.4, -0.2) is 37.2 Å². The molecule has 81 heavy (non-hydrogen) atoms. The Labute approximate surface area is 500 Å². The van der Waals surface area contributed by atoms with Crippen molar-refractivity contribution in [1.29, 1.82) is 0 Å². The number of carbonyl (C=O) groups is 3. The SMILES string of the molecule is CC/C=C\C/C=C\C/C=C\C/C=C\C/C=C\C/C=C\C/C=C\CCCCCCCC(=O)OCC(COC(=O)CCCCCCC/C=C\C/C=C\C/C=C\CC)OC(=O)CCCCCCCCCCC/C=C\CCCCCCCCCC. The molecule has 0 amide bonds. The van der Waals surface area contributed by atoms with E-state index in [2.05, 4.69) is 154 Å². The number of unbranched alkanes of at least 4 members (excludes halogenated alkanes) is 27. The first-order valence-electron chi connectivity index (χ1n) is 33.7. The number of esters is 3.